The molecule has 0 spiro atoms. The zero-order chi connectivity index (χ0) is 66.5. The quantitative estimate of drug-likeness (QED) is 0.0252. The van der Waals surface area contributed by atoms with Crippen LogP contribution in [0, 0.1) is 0 Å². The van der Waals surface area contributed by atoms with Crippen LogP contribution in [-0.2, 0) is 57.4 Å². The highest BCUT2D eigenvalue weighted by Crippen LogP contribution is 2.13. The molecule has 0 heterocycles. The van der Waals surface area contributed by atoms with E-state index in [9.17, 15) is 109 Å². The van der Waals surface area contributed by atoms with Crippen molar-refractivity contribution in [1.82, 2.24) is 21.3 Å². The second-order valence-electron chi connectivity index (χ2n) is 18.7. The molecule has 0 aliphatic rings. The van der Waals surface area contributed by atoms with E-state index in [1.165, 1.54) is 0 Å². The first-order chi connectivity index (χ1) is 40.4. The minimum absolute atomic E-state index is 0.0313. The summed E-state index contributed by atoms with van der Waals surface area (Å²) in [6.07, 6.45) is -23.1. The predicted octanol–water partition coefficient (Wildman–Crippen LogP) is -11.2. The number of thioether (sulfide) groups is 2. The van der Waals surface area contributed by atoms with E-state index >= 15 is 0 Å². The van der Waals surface area contributed by atoms with Crippen molar-refractivity contribution in [3.05, 3.63) is 0 Å². The van der Waals surface area contributed by atoms with Gasteiger partial charge in [-0.3, -0.25) is 47.9 Å². The number of carboxylic acids is 2. The molecule has 14 atom stereocenters. The zero-order valence-corrected chi connectivity index (χ0v) is 49.5. The lowest BCUT2D eigenvalue weighted by Crippen LogP contribution is -2.53. The number of hydrogen-bond donors (Lipinski definition) is 23. The Kier molecular flexibility index (Phi) is 51.1. The molecule has 0 rings (SSSR count). The SMILES string of the molecule is CCCOCCCC(=O)[C@H](O)[C@@H](O)[C@@H](O)[C@H](O)C(=O)NCCOCCN.NC(CSCC(=O)CCCNC(=O)[C@@H](O)[C@H](O)[C@H](O)[C@@H](O)C(=O)CCCNC(=O)CSCC(N)C(=O)O)C(=O)O.NCCCC(=O)[C@H](O)[C@@H](O)[C@@H](O)[C@H](O)C(=O)NCCN. The van der Waals surface area contributed by atoms with Crippen molar-refractivity contribution in [2.75, 3.05) is 95.3 Å². The van der Waals surface area contributed by atoms with E-state index in [1.54, 1.807) is 0 Å². The van der Waals surface area contributed by atoms with Gasteiger partial charge < -0.3 is 131 Å². The third-order valence-electron chi connectivity index (χ3n) is 11.3. The summed E-state index contributed by atoms with van der Waals surface area (Å²) in [5.74, 6) is -8.31. The van der Waals surface area contributed by atoms with Gasteiger partial charge in [-0.25, -0.2) is 0 Å². The van der Waals surface area contributed by atoms with Gasteiger partial charge in [0.2, 0.25) is 5.91 Å². The Labute approximate surface area is 504 Å². The number of aliphatic carboxylic acids is 2. The molecule has 0 aliphatic heterocycles. The number of nitrogens with one attached hydrogen (secondary N) is 4. The van der Waals surface area contributed by atoms with Crippen LogP contribution in [0.25, 0.3) is 0 Å². The van der Waals surface area contributed by atoms with E-state index in [-0.39, 0.29) is 113 Å². The van der Waals surface area contributed by atoms with Crippen LogP contribution in [-0.4, -0.2) is 311 Å². The number of nitrogens with two attached hydrogens (primary N) is 5. The van der Waals surface area contributed by atoms with Crippen LogP contribution in [0.3, 0.4) is 0 Å². The molecular formula is C49H93N9O26S2. The Balaban J connectivity index is -0.00000129. The lowest BCUT2D eigenvalue weighted by molar-refractivity contribution is -0.154. The van der Waals surface area contributed by atoms with Crippen LogP contribution in [0.4, 0.5) is 0 Å². The van der Waals surface area contributed by atoms with Crippen molar-refractivity contribution in [2.45, 2.75) is 150 Å². The number of carboxylic acid groups (broad SMARTS) is 2. The van der Waals surface area contributed by atoms with Crippen LogP contribution in [0.1, 0.15) is 64.7 Å². The first kappa shape index (κ1) is 85.6. The van der Waals surface area contributed by atoms with E-state index in [4.69, 9.17) is 48.4 Å². The highest BCUT2D eigenvalue weighted by atomic mass is 32.2. The summed E-state index contributed by atoms with van der Waals surface area (Å²) in [7, 11) is 0. The number of carbonyl (C=O) groups is 10. The molecule has 37 heteroatoms. The molecule has 0 bridgehead atoms. The van der Waals surface area contributed by atoms with Gasteiger partial charge in [0.1, 0.15) is 72.8 Å². The number of rotatable bonds is 49. The molecule has 35 nitrogen and oxygen atoms in total. The molecule has 0 aromatic rings. The molecule has 0 saturated carbocycles. The van der Waals surface area contributed by atoms with Gasteiger partial charge in [-0.05, 0) is 38.6 Å². The summed E-state index contributed by atoms with van der Waals surface area (Å²) in [4.78, 5) is 115. The van der Waals surface area contributed by atoms with Crippen LogP contribution < -0.4 is 49.9 Å². The standard InChI is InChI=1S/C22H38N4O12S2.C16H32N2O8.C11H23N3O6/c23-12(21(35)36)8-39-7-11(27)3-1-6-26-20(34)19(33)18(32)17(31)16(30)14(28)4-2-5-25-15(29)10-40-9-13(24)22(37)38;1-2-7-25-8-3-4-11(19)12(20)13(21)14(22)15(23)16(24)18-6-10-26-9-5-17;12-3-1-2-6(15)7(16)8(17)9(18)10(19)11(20)14-5-4-13/h12-13,16-19,30-33H,1-10,23-24H2,(H,25,29)(H,26,34)(H,35,36)(H,37,38);12-15,20-23H,2-10,17H2,1H3,(H,18,24);7-10,16-19H,1-5,12-13H2,(H,14,20)/t12?,13?,16-,17+,18+,19-;12-,13+,14+,15-;7-,8+,9+,10-/m000/s1. The van der Waals surface area contributed by atoms with Crippen molar-refractivity contribution in [1.29, 1.82) is 0 Å². The van der Waals surface area contributed by atoms with Gasteiger partial charge >= 0.3 is 11.9 Å². The number of amides is 4. The summed E-state index contributed by atoms with van der Waals surface area (Å²) >= 11 is 2.07. The molecule has 0 aliphatic carbocycles. The van der Waals surface area contributed by atoms with Gasteiger partial charge in [-0.1, -0.05) is 6.92 Å². The summed E-state index contributed by atoms with van der Waals surface area (Å²) < 4.78 is 10.2. The van der Waals surface area contributed by atoms with Crippen LogP contribution in [0.2, 0.25) is 0 Å². The fourth-order valence-electron chi connectivity index (χ4n) is 6.24. The first-order valence-electron chi connectivity index (χ1n) is 27.2. The van der Waals surface area contributed by atoms with E-state index in [2.05, 4.69) is 21.3 Å². The molecular weight excluding hydrogens is 1190 g/mol. The highest BCUT2D eigenvalue weighted by Gasteiger charge is 2.39. The van der Waals surface area contributed by atoms with Gasteiger partial charge in [0.05, 0.1) is 24.7 Å². The molecule has 0 aromatic heterocycles. The smallest absolute Gasteiger partial charge is 0.321 e. The molecule has 0 aromatic carbocycles. The Hall–Kier alpha value is -4.56. The van der Waals surface area contributed by atoms with Crippen molar-refractivity contribution in [3.63, 3.8) is 0 Å². The number of aliphatic hydroxyl groups excluding tert-OH is 12. The molecule has 86 heavy (non-hydrogen) atoms. The summed E-state index contributed by atoms with van der Waals surface area (Å²) in [5, 5.41) is 144. The summed E-state index contributed by atoms with van der Waals surface area (Å²) in [6, 6.07) is -2.19. The molecule has 0 saturated heterocycles. The Morgan fingerprint density at radius 2 is 0.779 bits per heavy atom. The lowest BCUT2D eigenvalue weighted by Gasteiger charge is -2.25. The number of carbonyl (C=O) groups excluding carboxylic acids is 8. The topological polar surface area (TPSA) is 651 Å². The van der Waals surface area contributed by atoms with Gasteiger partial charge in [0, 0.05) is 89.7 Å². The predicted molar refractivity (Wildman–Crippen MR) is 306 cm³/mol. The van der Waals surface area contributed by atoms with Crippen molar-refractivity contribution >= 4 is 82.2 Å². The zero-order valence-electron chi connectivity index (χ0n) is 47.9. The van der Waals surface area contributed by atoms with Crippen LogP contribution in [0.5, 0.6) is 0 Å². The molecule has 502 valence electrons. The molecule has 0 radical (unpaired) electrons. The van der Waals surface area contributed by atoms with Crippen LogP contribution in [0.15, 0.2) is 0 Å². The Morgan fingerprint density at radius 3 is 1.20 bits per heavy atom. The Bertz CT molecular complexity index is 1840. The van der Waals surface area contributed by atoms with E-state index < -0.39 is 138 Å². The number of ketones is 4. The summed E-state index contributed by atoms with van der Waals surface area (Å²) in [5.41, 5.74) is 26.2. The first-order valence-corrected chi connectivity index (χ1v) is 29.5. The monoisotopic (exact) mass is 1290 g/mol. The fourth-order valence-corrected chi connectivity index (χ4v) is 7.93. The van der Waals surface area contributed by atoms with Gasteiger partial charge in [0.25, 0.3) is 17.7 Å². The second kappa shape index (κ2) is 51.3. The molecule has 28 N–H and O–H groups in total. The normalized spacial score (nSPS) is 16.1. The Morgan fingerprint density at radius 1 is 0.407 bits per heavy atom. The number of aliphatic hydroxyl groups is 12. The van der Waals surface area contributed by atoms with Crippen molar-refractivity contribution < 1.29 is 129 Å². The average molecular weight is 1290 g/mol. The van der Waals surface area contributed by atoms with Gasteiger partial charge in [0.15, 0.2) is 35.7 Å². The third-order valence-corrected chi connectivity index (χ3v) is 13.5. The van der Waals surface area contributed by atoms with Crippen LogP contribution >= 0.6 is 23.5 Å². The van der Waals surface area contributed by atoms with Crippen molar-refractivity contribution in [2.24, 2.45) is 28.7 Å². The number of ether oxygens (including phenoxy) is 2. The number of hydrogen-bond acceptors (Lipinski definition) is 31. The largest absolute Gasteiger partial charge is 0.480 e. The maximum absolute atomic E-state index is 12.1. The number of Topliss-reactive ketones (excluding diaryl/α,β-unsaturated/α-hetero) is 4. The minimum atomic E-state index is -2.20. The van der Waals surface area contributed by atoms with Gasteiger partial charge in [-0.2, -0.15) is 11.8 Å². The van der Waals surface area contributed by atoms with Gasteiger partial charge in [-0.15, -0.1) is 11.8 Å². The molecule has 4 amide bonds. The third kappa shape index (κ3) is 39.4. The maximum atomic E-state index is 12.1. The highest BCUT2D eigenvalue weighted by molar-refractivity contribution is 8.00. The lowest BCUT2D eigenvalue weighted by atomic mass is 9.97. The molecule has 0 fully saturated rings. The fraction of sp³-hybridized carbons (Fsp3) is 0.796. The van der Waals surface area contributed by atoms with E-state index in [1.807, 2.05) is 6.92 Å². The average Bonchev–Trinajstić information content (AvgIpc) is 3.57. The molecule has 2 unspecified atom stereocenters. The maximum Gasteiger partial charge on any atom is 0.321 e. The van der Waals surface area contributed by atoms with Crippen molar-refractivity contribution in [3.8, 4) is 0 Å². The minimum Gasteiger partial charge on any atom is -0.480 e. The second-order valence-corrected chi connectivity index (χ2v) is 20.8. The van der Waals surface area contributed by atoms with E-state index in [0.717, 1.165) is 29.9 Å². The van der Waals surface area contributed by atoms with E-state index in [0.29, 0.717) is 39.2 Å². The summed E-state index contributed by atoms with van der Waals surface area (Å²) in [6.45, 7) is 4.14.